The highest BCUT2D eigenvalue weighted by Crippen LogP contribution is 2.46. The van der Waals surface area contributed by atoms with Gasteiger partial charge in [-0.1, -0.05) is 40.9 Å². The fourth-order valence-electron chi connectivity index (χ4n) is 4.53. The Labute approximate surface area is 175 Å². The quantitative estimate of drug-likeness (QED) is 0.520. The number of piperidine rings is 1. The molecule has 1 aliphatic heterocycles. The number of pyridine rings is 1. The van der Waals surface area contributed by atoms with Gasteiger partial charge in [-0.25, -0.2) is 0 Å². The fourth-order valence-corrected chi connectivity index (χ4v) is 5.64. The first-order valence-electron chi connectivity index (χ1n) is 9.99. The Balaban J connectivity index is 2.16. The molecule has 1 fully saturated rings. The number of aromatic nitrogens is 1. The normalized spacial score (nSPS) is 22.7. The van der Waals surface area contributed by atoms with Crippen molar-refractivity contribution >= 4 is 31.9 Å². The molecule has 2 nitrogen and oxygen atoms in total. The van der Waals surface area contributed by atoms with Crippen LogP contribution in [0.1, 0.15) is 70.1 Å². The van der Waals surface area contributed by atoms with Crippen molar-refractivity contribution in [3.05, 3.63) is 49.2 Å². The van der Waals surface area contributed by atoms with Gasteiger partial charge in [0.15, 0.2) is 0 Å². The number of hydrogen-bond donors (Lipinski definition) is 1. The number of nitrogens with zero attached hydrogens (tertiary/aromatic N) is 1. The summed E-state index contributed by atoms with van der Waals surface area (Å²) in [5.41, 5.74) is 7.38. The second-order valence-electron chi connectivity index (χ2n) is 7.57. The maximum Gasteiger partial charge on any atom is 0.0510 e. The van der Waals surface area contributed by atoms with E-state index in [1.54, 1.807) is 11.1 Å². The van der Waals surface area contributed by atoms with Gasteiger partial charge in [0.25, 0.3) is 0 Å². The van der Waals surface area contributed by atoms with Crippen LogP contribution in [0, 0.1) is 5.92 Å². The molecule has 1 unspecified atom stereocenters. The van der Waals surface area contributed by atoms with Gasteiger partial charge in [-0.3, -0.25) is 4.98 Å². The number of rotatable bonds is 4. The maximum atomic E-state index is 4.96. The van der Waals surface area contributed by atoms with Crippen LogP contribution in [0.5, 0.6) is 0 Å². The largest absolute Gasteiger partial charge is 0.317 e. The van der Waals surface area contributed by atoms with Gasteiger partial charge in [0.05, 0.1) is 5.69 Å². The van der Waals surface area contributed by atoms with Crippen LogP contribution in [0.25, 0.3) is 0 Å². The minimum absolute atomic E-state index is 0.458. The lowest BCUT2D eigenvalue weighted by Crippen LogP contribution is -2.32. The number of allylic oxidation sites excluding steroid dienone is 4. The molecule has 0 amide bonds. The maximum absolute atomic E-state index is 4.96. The number of hydrogen-bond acceptors (Lipinski definition) is 2. The molecular weight excluding hydrogens is 452 g/mol. The Kier molecular flexibility index (Phi) is 7.15. The first kappa shape index (κ1) is 20.3. The van der Waals surface area contributed by atoms with Crippen LogP contribution < -0.4 is 5.32 Å². The topological polar surface area (TPSA) is 24.9 Å². The highest BCUT2D eigenvalue weighted by atomic mass is 79.9. The Hall–Kier alpha value is -0.450. The van der Waals surface area contributed by atoms with Crippen LogP contribution in [0.2, 0.25) is 0 Å². The molecule has 1 aliphatic carbocycles. The third kappa shape index (κ3) is 4.18. The van der Waals surface area contributed by atoms with Crippen molar-refractivity contribution in [1.29, 1.82) is 0 Å². The van der Waals surface area contributed by atoms with Gasteiger partial charge >= 0.3 is 0 Å². The molecule has 4 heteroatoms. The van der Waals surface area contributed by atoms with Gasteiger partial charge in [0, 0.05) is 21.1 Å². The monoisotopic (exact) mass is 480 g/mol. The van der Waals surface area contributed by atoms with Crippen molar-refractivity contribution in [1.82, 2.24) is 10.3 Å². The summed E-state index contributed by atoms with van der Waals surface area (Å²) in [5, 5.41) is 3.53. The Morgan fingerprint density at radius 3 is 2.62 bits per heavy atom. The van der Waals surface area contributed by atoms with E-state index in [1.165, 1.54) is 34.2 Å². The molecule has 142 valence electrons. The van der Waals surface area contributed by atoms with E-state index in [2.05, 4.69) is 64.0 Å². The minimum atomic E-state index is 0.458. The fraction of sp³-hybridized carbons (Fsp3) is 0.591. The molecule has 0 saturated carbocycles. The lowest BCUT2D eigenvalue weighted by molar-refractivity contribution is 0.332. The summed E-state index contributed by atoms with van der Waals surface area (Å²) in [6.45, 7) is 9.09. The molecule has 0 bridgehead atoms. The van der Waals surface area contributed by atoms with E-state index >= 15 is 0 Å². The molecule has 1 aromatic rings. The van der Waals surface area contributed by atoms with Gasteiger partial charge in [0.1, 0.15) is 0 Å². The van der Waals surface area contributed by atoms with E-state index < -0.39 is 0 Å². The Morgan fingerprint density at radius 2 is 1.96 bits per heavy atom. The van der Waals surface area contributed by atoms with E-state index in [4.69, 9.17) is 4.98 Å². The number of fused-ring (bicyclic) bond motifs is 1. The summed E-state index contributed by atoms with van der Waals surface area (Å²) < 4.78 is 2.45. The van der Waals surface area contributed by atoms with Crippen molar-refractivity contribution in [2.24, 2.45) is 5.92 Å². The molecule has 2 aliphatic rings. The molecule has 1 aromatic heterocycles. The van der Waals surface area contributed by atoms with E-state index in [-0.39, 0.29) is 0 Å². The number of halogens is 2. The predicted molar refractivity (Wildman–Crippen MR) is 118 cm³/mol. The van der Waals surface area contributed by atoms with Crippen molar-refractivity contribution in [3.63, 3.8) is 0 Å². The molecule has 1 saturated heterocycles. The summed E-state index contributed by atoms with van der Waals surface area (Å²) in [4.78, 5) is 4.96. The summed E-state index contributed by atoms with van der Waals surface area (Å²) >= 11 is 7.61. The molecule has 0 aromatic carbocycles. The summed E-state index contributed by atoms with van der Waals surface area (Å²) in [6, 6.07) is 2.30. The van der Waals surface area contributed by atoms with E-state index in [9.17, 15) is 0 Å². The van der Waals surface area contributed by atoms with Gasteiger partial charge in [-0.05, 0) is 97.6 Å². The second kappa shape index (κ2) is 9.16. The van der Waals surface area contributed by atoms with E-state index in [0.717, 1.165) is 43.2 Å². The Bertz CT molecular complexity index is 715. The molecule has 3 rings (SSSR count). The minimum Gasteiger partial charge on any atom is -0.317 e. The first-order valence-corrected chi connectivity index (χ1v) is 11.6. The smallest absolute Gasteiger partial charge is 0.0510 e. The molecule has 1 N–H and O–H groups in total. The summed E-state index contributed by atoms with van der Waals surface area (Å²) in [5.74, 6) is 1.15. The predicted octanol–water partition coefficient (Wildman–Crippen LogP) is 6.66. The highest BCUT2D eigenvalue weighted by molar-refractivity contribution is 9.12. The molecule has 1 atom stereocenters. The standard InChI is InChI=1S/C22H30Br2N2/c1-4-14(3)21(24)19-7-6-16-12-17(23)13-26-22(16)20(18(19)5-2)15-8-10-25-11-9-15/h12-13,15,20,25H,4-11H2,1-3H3/b21-14+. The third-order valence-corrected chi connectivity index (χ3v) is 7.67. The van der Waals surface area contributed by atoms with E-state index in [1.807, 2.05) is 6.20 Å². The van der Waals surface area contributed by atoms with Crippen LogP contribution in [0.4, 0.5) is 0 Å². The molecule has 26 heavy (non-hydrogen) atoms. The van der Waals surface area contributed by atoms with Crippen LogP contribution >= 0.6 is 31.9 Å². The van der Waals surface area contributed by atoms with Gasteiger partial charge in [0.2, 0.25) is 0 Å². The molecular formula is C22H30Br2N2. The molecule has 0 spiro atoms. The lowest BCUT2D eigenvalue weighted by Gasteiger charge is -2.33. The van der Waals surface area contributed by atoms with Crippen molar-refractivity contribution < 1.29 is 0 Å². The SMILES string of the molecule is CCC1=C(/C(Br)=C(/C)CC)CCc2cc(Br)cnc2C1C1CCNCC1. The van der Waals surface area contributed by atoms with Gasteiger partial charge < -0.3 is 5.32 Å². The first-order chi connectivity index (χ1) is 12.6. The number of aryl methyl sites for hydroxylation is 1. The zero-order chi connectivity index (χ0) is 18.7. The Morgan fingerprint density at radius 1 is 1.23 bits per heavy atom. The van der Waals surface area contributed by atoms with E-state index in [0.29, 0.717) is 11.8 Å². The van der Waals surface area contributed by atoms with Crippen LogP contribution in [0.3, 0.4) is 0 Å². The van der Waals surface area contributed by atoms with Crippen LogP contribution in [0.15, 0.2) is 37.9 Å². The van der Waals surface area contributed by atoms with Crippen molar-refractivity contribution in [2.45, 2.75) is 65.2 Å². The zero-order valence-electron chi connectivity index (χ0n) is 16.2. The lowest BCUT2D eigenvalue weighted by atomic mass is 9.75. The average Bonchev–Trinajstić information content (AvgIpc) is 2.83. The average molecular weight is 482 g/mol. The summed E-state index contributed by atoms with van der Waals surface area (Å²) in [7, 11) is 0. The third-order valence-electron chi connectivity index (χ3n) is 6.08. The van der Waals surface area contributed by atoms with Gasteiger partial charge in [-0.2, -0.15) is 0 Å². The van der Waals surface area contributed by atoms with Crippen molar-refractivity contribution in [3.8, 4) is 0 Å². The highest BCUT2D eigenvalue weighted by Gasteiger charge is 2.34. The molecule has 2 heterocycles. The molecule has 0 radical (unpaired) electrons. The zero-order valence-corrected chi connectivity index (χ0v) is 19.3. The second-order valence-corrected chi connectivity index (χ2v) is 9.28. The van der Waals surface area contributed by atoms with Crippen LogP contribution in [-0.4, -0.2) is 18.1 Å². The van der Waals surface area contributed by atoms with Crippen LogP contribution in [-0.2, 0) is 6.42 Å². The van der Waals surface area contributed by atoms with Crippen molar-refractivity contribution in [2.75, 3.05) is 13.1 Å². The number of nitrogens with one attached hydrogen (secondary N) is 1. The summed E-state index contributed by atoms with van der Waals surface area (Å²) in [6.07, 6.45) is 8.86. The van der Waals surface area contributed by atoms with Gasteiger partial charge in [-0.15, -0.1) is 0 Å².